The van der Waals surface area contributed by atoms with Crippen molar-refractivity contribution >= 4 is 27.1 Å². The van der Waals surface area contributed by atoms with Gasteiger partial charge in [-0.2, -0.15) is 5.10 Å². The van der Waals surface area contributed by atoms with Crippen molar-refractivity contribution in [2.45, 2.75) is 44.6 Å². The molecule has 31 heavy (non-hydrogen) atoms. The van der Waals surface area contributed by atoms with Crippen LogP contribution in [0.4, 0.5) is 5.69 Å². The zero-order chi connectivity index (χ0) is 22.2. The predicted molar refractivity (Wildman–Crippen MR) is 119 cm³/mol. The topological polar surface area (TPSA) is 96.7 Å². The molecule has 1 aromatic carbocycles. The fourth-order valence-electron chi connectivity index (χ4n) is 4.01. The molecule has 0 saturated carbocycles. The minimum atomic E-state index is -3.19. The summed E-state index contributed by atoms with van der Waals surface area (Å²) in [6, 6.07) is 9.06. The third-order valence-corrected chi connectivity index (χ3v) is 7.54. The minimum Gasteiger partial charge on any atom is -0.371 e. The lowest BCUT2D eigenvalue weighted by atomic mass is 10.0. The van der Waals surface area contributed by atoms with Gasteiger partial charge in [0.1, 0.15) is 5.56 Å². The molecule has 164 valence electrons. The molecule has 1 aliphatic heterocycles. The Kier molecular flexibility index (Phi) is 5.70. The van der Waals surface area contributed by atoms with Gasteiger partial charge in [0, 0.05) is 36.2 Å². The van der Waals surface area contributed by atoms with E-state index in [1.807, 2.05) is 32.0 Å². The second kappa shape index (κ2) is 8.30. The molecule has 0 radical (unpaired) electrons. The lowest BCUT2D eigenvalue weighted by Gasteiger charge is -2.34. The van der Waals surface area contributed by atoms with Crippen molar-refractivity contribution in [3.63, 3.8) is 0 Å². The van der Waals surface area contributed by atoms with Crippen molar-refractivity contribution in [1.82, 2.24) is 19.9 Å². The molecule has 3 aromatic rings. The molecule has 3 heterocycles. The van der Waals surface area contributed by atoms with Crippen LogP contribution >= 0.6 is 0 Å². The molecule has 0 atom stereocenters. The number of benzene rings is 1. The summed E-state index contributed by atoms with van der Waals surface area (Å²) < 4.78 is 25.7. The summed E-state index contributed by atoms with van der Waals surface area (Å²) >= 11 is 0. The summed E-state index contributed by atoms with van der Waals surface area (Å²) in [6.07, 6.45) is 3.20. The normalized spacial score (nSPS) is 15.4. The van der Waals surface area contributed by atoms with Crippen LogP contribution in [0.5, 0.6) is 0 Å². The van der Waals surface area contributed by atoms with Gasteiger partial charge in [-0.3, -0.25) is 4.79 Å². The Labute approximate surface area is 182 Å². The highest BCUT2D eigenvalue weighted by molar-refractivity contribution is 7.91. The first kappa shape index (κ1) is 21.3. The average Bonchev–Trinajstić information content (AvgIpc) is 3.19. The van der Waals surface area contributed by atoms with Gasteiger partial charge in [0.15, 0.2) is 15.5 Å². The van der Waals surface area contributed by atoms with Crippen molar-refractivity contribution in [2.75, 3.05) is 23.7 Å². The van der Waals surface area contributed by atoms with Gasteiger partial charge in [-0.05, 0) is 57.0 Å². The monoisotopic (exact) mass is 441 g/mol. The second-order valence-electron chi connectivity index (χ2n) is 7.96. The number of amides is 1. The molecule has 8 nitrogen and oxygen atoms in total. The minimum absolute atomic E-state index is 0.0735. The zero-order valence-corrected chi connectivity index (χ0v) is 18.8. The maximum Gasteiger partial charge on any atom is 0.256 e. The first-order chi connectivity index (χ1) is 14.8. The molecule has 1 saturated heterocycles. The van der Waals surface area contributed by atoms with Crippen LogP contribution in [0.25, 0.3) is 5.65 Å². The van der Waals surface area contributed by atoms with Crippen molar-refractivity contribution in [3.05, 3.63) is 53.5 Å². The van der Waals surface area contributed by atoms with E-state index in [0.717, 1.165) is 43.0 Å². The summed E-state index contributed by atoms with van der Waals surface area (Å²) in [5.41, 5.74) is 3.85. The summed E-state index contributed by atoms with van der Waals surface area (Å²) in [6.45, 7) is 7.07. The van der Waals surface area contributed by atoms with E-state index in [2.05, 4.69) is 20.3 Å². The smallest absolute Gasteiger partial charge is 0.256 e. The maximum absolute atomic E-state index is 12.8. The summed E-state index contributed by atoms with van der Waals surface area (Å²) in [5.74, 6) is -0.0567. The van der Waals surface area contributed by atoms with Gasteiger partial charge < -0.3 is 10.2 Å². The molecule has 9 heteroatoms. The quantitative estimate of drug-likeness (QED) is 0.654. The lowest BCUT2D eigenvalue weighted by Crippen LogP contribution is -2.44. The molecule has 0 unspecified atom stereocenters. The maximum atomic E-state index is 12.8. The Bertz CT molecular complexity index is 1210. The Balaban J connectivity index is 1.39. The number of hydrogen-bond acceptors (Lipinski definition) is 6. The molecule has 0 bridgehead atoms. The van der Waals surface area contributed by atoms with E-state index in [-0.39, 0.29) is 17.7 Å². The van der Waals surface area contributed by atoms with Gasteiger partial charge in [-0.15, -0.1) is 0 Å². The van der Waals surface area contributed by atoms with Crippen LogP contribution in [0.2, 0.25) is 0 Å². The number of sulfone groups is 1. The molecule has 2 aromatic heterocycles. The van der Waals surface area contributed by atoms with Crippen molar-refractivity contribution in [3.8, 4) is 0 Å². The van der Waals surface area contributed by atoms with Crippen LogP contribution in [0.3, 0.4) is 0 Å². The van der Waals surface area contributed by atoms with E-state index in [9.17, 15) is 13.2 Å². The molecular formula is C22H27N5O3S. The lowest BCUT2D eigenvalue weighted by molar-refractivity contribution is 0.0932. The molecule has 1 amide bonds. The standard InChI is InChI=1S/C22H27N5O3S/c1-4-31(29,30)19-7-5-18(6-8-19)26-11-9-17(10-12-26)25-22(28)20-14-23-27-16(3)13-15(2)24-21(20)27/h5-8,13-14,17H,4,9-12H2,1-3H3,(H,25,28). The van der Waals surface area contributed by atoms with E-state index in [4.69, 9.17) is 0 Å². The molecular weight excluding hydrogens is 414 g/mol. The van der Waals surface area contributed by atoms with E-state index < -0.39 is 9.84 Å². The Hall–Kier alpha value is -2.94. The SMILES string of the molecule is CCS(=O)(=O)c1ccc(N2CCC(NC(=O)c3cnn4c(C)cc(C)nc34)CC2)cc1. The van der Waals surface area contributed by atoms with Gasteiger partial charge >= 0.3 is 0 Å². The number of aromatic nitrogens is 3. The largest absolute Gasteiger partial charge is 0.371 e. The molecule has 4 rings (SSSR count). The van der Waals surface area contributed by atoms with Gasteiger partial charge in [0.25, 0.3) is 5.91 Å². The molecule has 0 spiro atoms. The van der Waals surface area contributed by atoms with E-state index in [1.165, 1.54) is 0 Å². The predicted octanol–water partition coefficient (Wildman–Crippen LogP) is 2.54. The third kappa shape index (κ3) is 4.27. The molecule has 1 fully saturated rings. The zero-order valence-electron chi connectivity index (χ0n) is 18.0. The summed E-state index contributed by atoms with van der Waals surface area (Å²) in [7, 11) is -3.19. The summed E-state index contributed by atoms with van der Waals surface area (Å²) in [4.78, 5) is 19.9. The van der Waals surface area contributed by atoms with Gasteiger partial charge in [0.2, 0.25) is 0 Å². The first-order valence-electron chi connectivity index (χ1n) is 10.5. The van der Waals surface area contributed by atoms with E-state index in [0.29, 0.717) is 16.1 Å². The highest BCUT2D eigenvalue weighted by Gasteiger charge is 2.24. The number of carbonyl (C=O) groups is 1. The fourth-order valence-corrected chi connectivity index (χ4v) is 4.89. The molecule has 1 aliphatic rings. The average molecular weight is 442 g/mol. The number of carbonyl (C=O) groups excluding carboxylic acids is 1. The Morgan fingerprint density at radius 3 is 2.48 bits per heavy atom. The second-order valence-corrected chi connectivity index (χ2v) is 10.2. The van der Waals surface area contributed by atoms with Crippen molar-refractivity contribution in [1.29, 1.82) is 0 Å². The van der Waals surface area contributed by atoms with Gasteiger partial charge in [-0.1, -0.05) is 6.92 Å². The molecule has 1 N–H and O–H groups in total. The van der Waals surface area contributed by atoms with Crippen LogP contribution in [-0.2, 0) is 9.84 Å². The molecule has 0 aliphatic carbocycles. The van der Waals surface area contributed by atoms with Gasteiger partial charge in [0.05, 0.1) is 16.8 Å². The number of rotatable bonds is 5. The van der Waals surface area contributed by atoms with Crippen LogP contribution in [-0.4, -0.2) is 53.8 Å². The van der Waals surface area contributed by atoms with Crippen LogP contribution in [0, 0.1) is 13.8 Å². The number of hydrogen-bond donors (Lipinski definition) is 1. The highest BCUT2D eigenvalue weighted by Crippen LogP contribution is 2.23. The highest BCUT2D eigenvalue weighted by atomic mass is 32.2. The number of nitrogens with one attached hydrogen (secondary N) is 1. The third-order valence-electron chi connectivity index (χ3n) is 5.79. The van der Waals surface area contributed by atoms with Crippen molar-refractivity contribution in [2.24, 2.45) is 0 Å². The van der Waals surface area contributed by atoms with Crippen LogP contribution in [0.15, 0.2) is 41.4 Å². The Morgan fingerprint density at radius 1 is 1.16 bits per heavy atom. The van der Waals surface area contributed by atoms with Crippen LogP contribution in [0.1, 0.15) is 41.5 Å². The number of fused-ring (bicyclic) bond motifs is 1. The van der Waals surface area contributed by atoms with E-state index in [1.54, 1.807) is 29.8 Å². The van der Waals surface area contributed by atoms with Crippen molar-refractivity contribution < 1.29 is 13.2 Å². The number of piperidine rings is 1. The number of anilines is 1. The Morgan fingerprint density at radius 2 is 1.84 bits per heavy atom. The van der Waals surface area contributed by atoms with Crippen LogP contribution < -0.4 is 10.2 Å². The summed E-state index contributed by atoms with van der Waals surface area (Å²) in [5, 5.41) is 7.42. The number of aryl methyl sites for hydroxylation is 2. The fraction of sp³-hybridized carbons (Fsp3) is 0.409. The number of nitrogens with zero attached hydrogens (tertiary/aromatic N) is 4. The van der Waals surface area contributed by atoms with E-state index >= 15 is 0 Å². The first-order valence-corrected chi connectivity index (χ1v) is 12.1. The van der Waals surface area contributed by atoms with Gasteiger partial charge in [-0.25, -0.2) is 17.9 Å².